The first-order valence-corrected chi connectivity index (χ1v) is 7.21. The summed E-state index contributed by atoms with van der Waals surface area (Å²) < 4.78 is 33.0. The summed E-state index contributed by atoms with van der Waals surface area (Å²) in [5.74, 6) is 0. The molecule has 0 radical (unpaired) electrons. The van der Waals surface area contributed by atoms with Gasteiger partial charge in [0.1, 0.15) is 0 Å². The number of halogens is 1. The topological polar surface area (TPSA) is 84.7 Å². The maximum absolute atomic E-state index is 12.1. The summed E-state index contributed by atoms with van der Waals surface area (Å²) in [6, 6.07) is 4.64. The van der Waals surface area contributed by atoms with E-state index in [9.17, 15) is 8.42 Å². The van der Waals surface area contributed by atoms with Crippen LogP contribution in [-0.2, 0) is 14.9 Å². The summed E-state index contributed by atoms with van der Waals surface area (Å²) in [5.41, 5.74) is 6.31. The van der Waals surface area contributed by atoms with Crippen LogP contribution in [0.1, 0.15) is 0 Å². The average molecular weight is 292 g/mol. The van der Waals surface area contributed by atoms with Gasteiger partial charge in [0.05, 0.1) is 24.6 Å². The van der Waals surface area contributed by atoms with Gasteiger partial charge in [-0.2, -0.15) is 12.7 Å². The summed E-state index contributed by atoms with van der Waals surface area (Å²) in [7, 11) is -3.61. The third-order valence-corrected chi connectivity index (χ3v) is 4.32. The Labute approximate surface area is 111 Å². The molecule has 0 saturated carbocycles. The summed E-state index contributed by atoms with van der Waals surface area (Å²) in [6.07, 6.45) is 0. The number of ether oxygens (including phenoxy) is 1. The molecule has 0 unspecified atom stereocenters. The molecule has 0 aliphatic carbocycles. The molecule has 0 amide bonds. The van der Waals surface area contributed by atoms with Gasteiger partial charge in [-0.25, -0.2) is 0 Å². The molecule has 1 aliphatic heterocycles. The Balaban J connectivity index is 2.18. The average Bonchev–Trinajstić information content (AvgIpc) is 2.35. The number of hydrogen-bond donors (Lipinski definition) is 2. The van der Waals surface area contributed by atoms with E-state index in [1.54, 1.807) is 12.1 Å². The molecule has 18 heavy (non-hydrogen) atoms. The van der Waals surface area contributed by atoms with Crippen molar-refractivity contribution in [2.45, 2.75) is 0 Å². The van der Waals surface area contributed by atoms with Crippen LogP contribution in [0.3, 0.4) is 0 Å². The quantitative estimate of drug-likeness (QED) is 0.811. The molecule has 3 N–H and O–H groups in total. The summed E-state index contributed by atoms with van der Waals surface area (Å²) in [5, 5.41) is 0.420. The number of nitrogens with two attached hydrogens (primary N) is 1. The highest BCUT2D eigenvalue weighted by molar-refractivity contribution is 7.90. The van der Waals surface area contributed by atoms with Crippen LogP contribution in [0.2, 0.25) is 5.02 Å². The smallest absolute Gasteiger partial charge is 0.301 e. The molecular weight excluding hydrogens is 278 g/mol. The van der Waals surface area contributed by atoms with E-state index >= 15 is 0 Å². The molecule has 0 spiro atoms. The maximum Gasteiger partial charge on any atom is 0.301 e. The van der Waals surface area contributed by atoms with E-state index in [0.29, 0.717) is 37.0 Å². The normalized spacial score (nSPS) is 17.6. The van der Waals surface area contributed by atoms with Crippen LogP contribution in [0.4, 0.5) is 11.4 Å². The van der Waals surface area contributed by atoms with Gasteiger partial charge in [-0.05, 0) is 18.2 Å². The second kappa shape index (κ2) is 5.31. The molecule has 1 saturated heterocycles. The van der Waals surface area contributed by atoms with Crippen molar-refractivity contribution in [2.75, 3.05) is 36.8 Å². The predicted octanol–water partition coefficient (Wildman–Crippen LogP) is 0.911. The fraction of sp³-hybridized carbons (Fsp3) is 0.400. The second-order valence-corrected chi connectivity index (χ2v) is 5.96. The van der Waals surface area contributed by atoms with Crippen molar-refractivity contribution < 1.29 is 13.2 Å². The zero-order valence-corrected chi connectivity index (χ0v) is 11.2. The third-order valence-electron chi connectivity index (χ3n) is 2.56. The van der Waals surface area contributed by atoms with E-state index in [1.807, 2.05) is 0 Å². The fourth-order valence-corrected chi connectivity index (χ4v) is 2.99. The molecule has 0 bridgehead atoms. The second-order valence-electron chi connectivity index (χ2n) is 3.85. The van der Waals surface area contributed by atoms with Gasteiger partial charge in [-0.1, -0.05) is 11.6 Å². The van der Waals surface area contributed by atoms with Crippen LogP contribution in [0.25, 0.3) is 0 Å². The van der Waals surface area contributed by atoms with Gasteiger partial charge < -0.3 is 10.5 Å². The van der Waals surface area contributed by atoms with E-state index in [4.69, 9.17) is 22.1 Å². The van der Waals surface area contributed by atoms with Crippen molar-refractivity contribution in [3.05, 3.63) is 23.2 Å². The summed E-state index contributed by atoms with van der Waals surface area (Å²) >= 11 is 5.81. The zero-order valence-electron chi connectivity index (χ0n) is 9.60. The Bertz CT molecular complexity index is 529. The molecule has 1 fully saturated rings. The SMILES string of the molecule is Nc1ccc(Cl)cc1NS(=O)(=O)N1CCOCC1. The highest BCUT2D eigenvalue weighted by Crippen LogP contribution is 2.24. The molecule has 1 aromatic carbocycles. The van der Waals surface area contributed by atoms with Crippen molar-refractivity contribution in [1.29, 1.82) is 0 Å². The molecule has 0 atom stereocenters. The number of nitrogen functional groups attached to an aromatic ring is 1. The molecule has 8 heteroatoms. The minimum Gasteiger partial charge on any atom is -0.397 e. The first kappa shape index (κ1) is 13.4. The Morgan fingerprint density at radius 3 is 2.67 bits per heavy atom. The first-order chi connectivity index (χ1) is 8.49. The molecule has 0 aromatic heterocycles. The molecule has 2 rings (SSSR count). The van der Waals surface area contributed by atoms with Crippen molar-refractivity contribution in [3.63, 3.8) is 0 Å². The monoisotopic (exact) mass is 291 g/mol. The number of anilines is 2. The minimum absolute atomic E-state index is 0.286. The number of nitrogens with one attached hydrogen (secondary N) is 1. The molecule has 6 nitrogen and oxygen atoms in total. The summed E-state index contributed by atoms with van der Waals surface area (Å²) in [6.45, 7) is 1.45. The van der Waals surface area contributed by atoms with Gasteiger partial charge in [0.15, 0.2) is 0 Å². The third kappa shape index (κ3) is 3.05. The van der Waals surface area contributed by atoms with Crippen LogP contribution in [0.15, 0.2) is 18.2 Å². The Hall–Kier alpha value is -1.02. The molecule has 1 aliphatic rings. The van der Waals surface area contributed by atoms with Crippen molar-refractivity contribution >= 4 is 33.2 Å². The van der Waals surface area contributed by atoms with Crippen molar-refractivity contribution in [3.8, 4) is 0 Å². The largest absolute Gasteiger partial charge is 0.397 e. The van der Waals surface area contributed by atoms with Gasteiger partial charge in [-0.15, -0.1) is 0 Å². The van der Waals surface area contributed by atoms with Crippen LogP contribution in [0.5, 0.6) is 0 Å². The van der Waals surface area contributed by atoms with Gasteiger partial charge in [-0.3, -0.25) is 4.72 Å². The molecule has 1 aromatic rings. The van der Waals surface area contributed by atoms with E-state index in [0.717, 1.165) is 0 Å². The Morgan fingerprint density at radius 1 is 1.33 bits per heavy atom. The van der Waals surface area contributed by atoms with E-state index in [-0.39, 0.29) is 5.69 Å². The standard InChI is InChI=1S/C10H14ClN3O3S/c11-8-1-2-9(12)10(7-8)13-18(15,16)14-3-5-17-6-4-14/h1-2,7,13H,3-6,12H2. The number of hydrogen-bond acceptors (Lipinski definition) is 4. The molecular formula is C10H14ClN3O3S. The molecule has 1 heterocycles. The highest BCUT2D eigenvalue weighted by atomic mass is 35.5. The van der Waals surface area contributed by atoms with Crippen LogP contribution in [-0.4, -0.2) is 39.0 Å². The predicted molar refractivity (Wildman–Crippen MR) is 70.8 cm³/mol. The van der Waals surface area contributed by atoms with Gasteiger partial charge in [0.2, 0.25) is 0 Å². The number of nitrogens with zero attached hydrogens (tertiary/aromatic N) is 1. The first-order valence-electron chi connectivity index (χ1n) is 5.40. The lowest BCUT2D eigenvalue weighted by atomic mass is 10.3. The van der Waals surface area contributed by atoms with E-state index < -0.39 is 10.2 Å². The Kier molecular flexibility index (Phi) is 3.96. The van der Waals surface area contributed by atoms with Gasteiger partial charge >= 0.3 is 10.2 Å². The minimum atomic E-state index is -3.61. The van der Waals surface area contributed by atoms with E-state index in [1.165, 1.54) is 10.4 Å². The lowest BCUT2D eigenvalue weighted by molar-refractivity contribution is 0.0733. The Morgan fingerprint density at radius 2 is 2.00 bits per heavy atom. The summed E-state index contributed by atoms with van der Waals surface area (Å²) in [4.78, 5) is 0. The van der Waals surface area contributed by atoms with Crippen molar-refractivity contribution in [2.24, 2.45) is 0 Å². The van der Waals surface area contributed by atoms with Gasteiger partial charge in [0, 0.05) is 18.1 Å². The maximum atomic E-state index is 12.1. The fourth-order valence-electron chi connectivity index (χ4n) is 1.61. The zero-order chi connectivity index (χ0) is 13.2. The number of rotatable bonds is 3. The highest BCUT2D eigenvalue weighted by Gasteiger charge is 2.24. The van der Waals surface area contributed by atoms with Crippen LogP contribution >= 0.6 is 11.6 Å². The van der Waals surface area contributed by atoms with Crippen molar-refractivity contribution in [1.82, 2.24) is 4.31 Å². The van der Waals surface area contributed by atoms with Gasteiger partial charge in [0.25, 0.3) is 0 Å². The number of benzene rings is 1. The molecule has 100 valence electrons. The lowest BCUT2D eigenvalue weighted by Gasteiger charge is -2.26. The van der Waals surface area contributed by atoms with E-state index in [2.05, 4.69) is 4.72 Å². The van der Waals surface area contributed by atoms with Crippen LogP contribution in [0, 0.1) is 0 Å². The number of morpholine rings is 1. The van der Waals surface area contributed by atoms with Crippen LogP contribution < -0.4 is 10.5 Å². The lowest BCUT2D eigenvalue weighted by Crippen LogP contribution is -2.43.